The van der Waals surface area contributed by atoms with Crippen LogP contribution in [-0.2, 0) is 32.6 Å². The van der Waals surface area contributed by atoms with Gasteiger partial charge in [-0.3, -0.25) is 13.9 Å². The molecule has 0 radical (unpaired) electrons. The van der Waals surface area contributed by atoms with Crippen molar-refractivity contribution in [2.75, 3.05) is 17.1 Å². The Hall–Kier alpha value is -3.50. The molecule has 11 heteroatoms. The second-order valence-corrected chi connectivity index (χ2v) is 15.6. The van der Waals surface area contributed by atoms with Gasteiger partial charge in [-0.05, 0) is 85.7 Å². The minimum Gasteiger partial charge on any atom is -0.352 e. The average Bonchev–Trinajstić information content (AvgIpc) is 3.60. The van der Waals surface area contributed by atoms with Gasteiger partial charge < -0.3 is 10.2 Å². The summed E-state index contributed by atoms with van der Waals surface area (Å²) in [4.78, 5) is 31.3. The molecular weight excluding hydrogens is 685 g/mol. The number of halogens is 2. The number of hydrogen-bond donors (Lipinski definition) is 1. The maximum Gasteiger partial charge on any atom is 0.264 e. The lowest BCUT2D eigenvalue weighted by Gasteiger charge is -2.34. The van der Waals surface area contributed by atoms with E-state index in [1.54, 1.807) is 66.7 Å². The number of carbonyl (C=O) groups excluding carboxylic acids is 2. The number of benzene rings is 4. The molecule has 0 unspecified atom stereocenters. The zero-order valence-corrected chi connectivity index (χ0v) is 30.1. The molecule has 1 saturated carbocycles. The topological polar surface area (TPSA) is 86.8 Å². The van der Waals surface area contributed by atoms with Crippen molar-refractivity contribution >= 4 is 62.5 Å². The standard InChI is InChI=1S/C37H39Cl2N3O4S2/c1-26-12-16-31(17-13-26)42(48(45,46)33-20-18-32(47-2)19-21-33)25-36(43)41(24-28-14-15-29(38)23-34(28)39)35(22-27-8-4-3-5-9-27)37(44)40-30-10-6-7-11-30/h3-5,8-9,12-21,23,30,35H,6-7,10-11,22,24-25H2,1-2H3,(H,40,44)/t35-/m0/s1. The molecule has 1 aliphatic carbocycles. The molecular formula is C37H39Cl2N3O4S2. The van der Waals surface area contributed by atoms with Crippen LogP contribution in [0.25, 0.3) is 0 Å². The number of nitrogens with zero attached hydrogens (tertiary/aromatic N) is 2. The zero-order valence-electron chi connectivity index (χ0n) is 26.9. The summed E-state index contributed by atoms with van der Waals surface area (Å²) < 4.78 is 29.7. The average molecular weight is 725 g/mol. The van der Waals surface area contributed by atoms with Gasteiger partial charge in [-0.2, -0.15) is 0 Å². The molecule has 48 heavy (non-hydrogen) atoms. The van der Waals surface area contributed by atoms with Gasteiger partial charge in [0.2, 0.25) is 11.8 Å². The van der Waals surface area contributed by atoms with Gasteiger partial charge in [0.1, 0.15) is 12.6 Å². The van der Waals surface area contributed by atoms with E-state index in [1.165, 1.54) is 16.7 Å². The first-order chi connectivity index (χ1) is 23.0. The van der Waals surface area contributed by atoms with Crippen LogP contribution in [0.4, 0.5) is 5.69 Å². The summed E-state index contributed by atoms with van der Waals surface area (Å²) in [7, 11) is -4.20. The number of rotatable bonds is 13. The zero-order chi connectivity index (χ0) is 34.3. The lowest BCUT2D eigenvalue weighted by atomic mass is 10.0. The third kappa shape index (κ3) is 8.94. The number of carbonyl (C=O) groups is 2. The molecule has 4 aromatic rings. The van der Waals surface area contributed by atoms with Crippen molar-refractivity contribution in [2.45, 2.75) is 67.4 Å². The normalized spacial score (nSPS) is 14.0. The molecule has 2 amide bonds. The van der Waals surface area contributed by atoms with E-state index in [0.29, 0.717) is 21.3 Å². The summed E-state index contributed by atoms with van der Waals surface area (Å²) in [5, 5.41) is 3.96. The van der Waals surface area contributed by atoms with Gasteiger partial charge in [-0.25, -0.2) is 8.42 Å². The van der Waals surface area contributed by atoms with Crippen LogP contribution < -0.4 is 9.62 Å². The molecule has 0 saturated heterocycles. The Bertz CT molecular complexity index is 1820. The van der Waals surface area contributed by atoms with Crippen molar-refractivity contribution < 1.29 is 18.0 Å². The third-order valence-electron chi connectivity index (χ3n) is 8.58. The quantitative estimate of drug-likeness (QED) is 0.142. The van der Waals surface area contributed by atoms with Gasteiger partial charge in [0.25, 0.3) is 10.0 Å². The largest absolute Gasteiger partial charge is 0.352 e. The van der Waals surface area contributed by atoms with Gasteiger partial charge in [0.05, 0.1) is 10.6 Å². The fourth-order valence-corrected chi connectivity index (χ4v) is 8.16. The van der Waals surface area contributed by atoms with E-state index in [1.807, 2.05) is 43.5 Å². The maximum atomic E-state index is 14.7. The van der Waals surface area contributed by atoms with Crippen LogP contribution in [0.5, 0.6) is 0 Å². The highest BCUT2D eigenvalue weighted by Gasteiger charge is 2.36. The molecule has 7 nitrogen and oxygen atoms in total. The van der Waals surface area contributed by atoms with E-state index in [4.69, 9.17) is 23.2 Å². The first kappa shape index (κ1) is 35.8. The molecule has 0 bridgehead atoms. The maximum absolute atomic E-state index is 14.7. The number of sulfonamides is 1. The lowest BCUT2D eigenvalue weighted by molar-refractivity contribution is -0.140. The van der Waals surface area contributed by atoms with Gasteiger partial charge in [-0.15, -0.1) is 11.8 Å². The van der Waals surface area contributed by atoms with Crippen molar-refractivity contribution in [1.29, 1.82) is 0 Å². The fraction of sp³-hybridized carbons (Fsp3) is 0.297. The highest BCUT2D eigenvalue weighted by molar-refractivity contribution is 7.98. The Morgan fingerprint density at radius 2 is 1.58 bits per heavy atom. The SMILES string of the molecule is CSc1ccc(S(=O)(=O)N(CC(=O)N(Cc2ccc(Cl)cc2Cl)[C@@H](Cc2ccccc2)C(=O)NC2CCCC2)c2ccc(C)cc2)cc1. The molecule has 0 aromatic heterocycles. The molecule has 1 N–H and O–H groups in total. The lowest BCUT2D eigenvalue weighted by Crippen LogP contribution is -2.54. The van der Waals surface area contributed by atoms with Crippen LogP contribution in [0.3, 0.4) is 0 Å². The molecule has 5 rings (SSSR count). The molecule has 1 fully saturated rings. The minimum absolute atomic E-state index is 0.0144. The number of amides is 2. The second-order valence-electron chi connectivity index (χ2n) is 12.0. The number of thioether (sulfide) groups is 1. The summed E-state index contributed by atoms with van der Waals surface area (Å²) in [6.07, 6.45) is 5.93. The Balaban J connectivity index is 1.58. The molecule has 0 heterocycles. The van der Waals surface area contributed by atoms with Gasteiger partial charge in [0.15, 0.2) is 0 Å². The first-order valence-corrected chi connectivity index (χ1v) is 19.3. The van der Waals surface area contributed by atoms with Crippen molar-refractivity contribution in [2.24, 2.45) is 0 Å². The van der Waals surface area contributed by atoms with Crippen LogP contribution in [0.1, 0.15) is 42.4 Å². The van der Waals surface area contributed by atoms with Gasteiger partial charge >= 0.3 is 0 Å². The highest BCUT2D eigenvalue weighted by Crippen LogP contribution is 2.29. The fourth-order valence-electron chi connectivity index (χ4n) is 5.87. The molecule has 4 aromatic carbocycles. The van der Waals surface area contributed by atoms with E-state index in [2.05, 4.69) is 5.32 Å². The second kappa shape index (κ2) is 16.3. The molecule has 0 spiro atoms. The van der Waals surface area contributed by atoms with Crippen LogP contribution in [-0.4, -0.2) is 50.0 Å². The van der Waals surface area contributed by atoms with Crippen molar-refractivity contribution in [3.05, 3.63) is 124 Å². The van der Waals surface area contributed by atoms with Crippen LogP contribution >= 0.6 is 35.0 Å². The van der Waals surface area contributed by atoms with E-state index in [9.17, 15) is 18.0 Å². The van der Waals surface area contributed by atoms with Crippen molar-refractivity contribution in [1.82, 2.24) is 10.2 Å². The predicted molar refractivity (Wildman–Crippen MR) is 195 cm³/mol. The van der Waals surface area contributed by atoms with E-state index >= 15 is 0 Å². The van der Waals surface area contributed by atoms with Gasteiger partial charge in [-0.1, -0.05) is 90.1 Å². The summed E-state index contributed by atoms with van der Waals surface area (Å²) >= 11 is 14.3. The Labute approximate surface area is 297 Å². The van der Waals surface area contributed by atoms with E-state index < -0.39 is 28.5 Å². The number of anilines is 1. The summed E-state index contributed by atoms with van der Waals surface area (Å²) in [6, 6.07) is 27.1. The Kier molecular flexibility index (Phi) is 12.1. The monoisotopic (exact) mass is 723 g/mol. The first-order valence-electron chi connectivity index (χ1n) is 15.9. The Morgan fingerprint density at radius 1 is 0.917 bits per heavy atom. The van der Waals surface area contributed by atoms with Crippen LogP contribution in [0.2, 0.25) is 10.0 Å². The third-order valence-corrected chi connectivity index (χ3v) is 11.7. The number of nitrogens with one attached hydrogen (secondary N) is 1. The van der Waals surface area contributed by atoms with Crippen molar-refractivity contribution in [3.8, 4) is 0 Å². The molecule has 1 aliphatic rings. The smallest absolute Gasteiger partial charge is 0.264 e. The van der Waals surface area contributed by atoms with Gasteiger partial charge in [0, 0.05) is 33.9 Å². The van der Waals surface area contributed by atoms with Crippen LogP contribution in [0.15, 0.2) is 107 Å². The van der Waals surface area contributed by atoms with Crippen molar-refractivity contribution in [3.63, 3.8) is 0 Å². The van der Waals surface area contributed by atoms with Crippen LogP contribution in [0, 0.1) is 6.92 Å². The highest BCUT2D eigenvalue weighted by atomic mass is 35.5. The van der Waals surface area contributed by atoms with E-state index in [-0.39, 0.29) is 29.8 Å². The predicted octanol–water partition coefficient (Wildman–Crippen LogP) is 7.92. The molecule has 252 valence electrons. The Morgan fingerprint density at radius 3 is 2.21 bits per heavy atom. The summed E-state index contributed by atoms with van der Waals surface area (Å²) in [5.41, 5.74) is 2.72. The van der Waals surface area contributed by atoms with E-state index in [0.717, 1.165) is 46.0 Å². The number of hydrogen-bond acceptors (Lipinski definition) is 5. The summed E-state index contributed by atoms with van der Waals surface area (Å²) in [5.74, 6) is -0.838. The summed E-state index contributed by atoms with van der Waals surface area (Å²) in [6.45, 7) is 1.33. The molecule has 0 aliphatic heterocycles. The minimum atomic E-state index is -4.20. The molecule has 1 atom stereocenters. The number of aryl methyl sites for hydroxylation is 1.